The van der Waals surface area contributed by atoms with E-state index in [1.54, 1.807) is 38.1 Å². The maximum atomic E-state index is 12.8. The molecule has 0 bridgehead atoms. The van der Waals surface area contributed by atoms with Crippen LogP contribution >= 0.6 is 0 Å². The highest BCUT2D eigenvalue weighted by Crippen LogP contribution is 2.22. The summed E-state index contributed by atoms with van der Waals surface area (Å²) in [5.74, 6) is -0.784. The Morgan fingerprint density at radius 2 is 1.72 bits per heavy atom. The van der Waals surface area contributed by atoms with Gasteiger partial charge in [0.15, 0.2) is 0 Å². The predicted molar refractivity (Wildman–Crippen MR) is 94.0 cm³/mol. The van der Waals surface area contributed by atoms with Crippen LogP contribution in [0.25, 0.3) is 10.9 Å². The van der Waals surface area contributed by atoms with Crippen molar-refractivity contribution in [1.82, 2.24) is 9.78 Å². The number of aromatic nitrogens is 2. The molecule has 1 amide bonds. The lowest BCUT2D eigenvalue weighted by atomic mass is 10.1. The van der Waals surface area contributed by atoms with Crippen LogP contribution in [0, 0.1) is 0 Å². The summed E-state index contributed by atoms with van der Waals surface area (Å²) >= 11 is 0. The highest BCUT2D eigenvalue weighted by Gasteiger charge is 2.27. The molecule has 128 valence electrons. The summed E-state index contributed by atoms with van der Waals surface area (Å²) in [6, 6.07) is 16.3. The third-order valence-corrected chi connectivity index (χ3v) is 4.04. The summed E-state index contributed by atoms with van der Waals surface area (Å²) in [7, 11) is 0. The fourth-order valence-electron chi connectivity index (χ4n) is 2.42. The van der Waals surface area contributed by atoms with Gasteiger partial charge in [-0.25, -0.2) is 0 Å². The summed E-state index contributed by atoms with van der Waals surface area (Å²) in [5.41, 5.74) is 6.02. The van der Waals surface area contributed by atoms with E-state index in [9.17, 15) is 9.59 Å². The number of ether oxygens (including phenoxy) is 1. The maximum Gasteiger partial charge on any atom is 0.278 e. The van der Waals surface area contributed by atoms with E-state index >= 15 is 0 Å². The fraction of sp³-hybridized carbons (Fsp3) is 0.211. The molecular weight excluding hydrogens is 318 g/mol. The van der Waals surface area contributed by atoms with Gasteiger partial charge in [-0.05, 0) is 32.0 Å². The summed E-state index contributed by atoms with van der Waals surface area (Å²) in [6.45, 7) is 3.28. The molecular formula is C19H19N3O3. The number of hydrogen-bond acceptors (Lipinski definition) is 4. The van der Waals surface area contributed by atoms with E-state index in [1.165, 1.54) is 4.68 Å². The van der Waals surface area contributed by atoms with Gasteiger partial charge in [0, 0.05) is 10.9 Å². The molecule has 1 heterocycles. The molecule has 6 nitrogen and oxygen atoms in total. The number of fused-ring (bicyclic) bond motifs is 1. The predicted octanol–water partition coefficient (Wildman–Crippen LogP) is 2.51. The van der Waals surface area contributed by atoms with E-state index in [2.05, 4.69) is 5.10 Å². The molecule has 0 spiro atoms. The standard InChI is InChI=1S/C19H19N3O3/c1-19(2,18(20)24)25-12-15-14-10-6-7-11-16(14)22(21-15)17(23)13-8-4-3-5-9-13/h3-11H,12H2,1-2H3,(H2,20,24). The molecule has 1 aromatic heterocycles. The second kappa shape index (κ2) is 6.49. The Labute approximate surface area is 145 Å². The van der Waals surface area contributed by atoms with Crippen molar-refractivity contribution in [2.75, 3.05) is 0 Å². The van der Waals surface area contributed by atoms with Crippen molar-refractivity contribution in [3.05, 3.63) is 65.9 Å². The molecule has 0 aliphatic heterocycles. The van der Waals surface area contributed by atoms with Crippen LogP contribution in [0.5, 0.6) is 0 Å². The van der Waals surface area contributed by atoms with Gasteiger partial charge in [-0.15, -0.1) is 0 Å². The molecule has 25 heavy (non-hydrogen) atoms. The van der Waals surface area contributed by atoms with Gasteiger partial charge in [0.2, 0.25) is 5.91 Å². The lowest BCUT2D eigenvalue weighted by molar-refractivity contribution is -0.140. The number of primary amides is 1. The van der Waals surface area contributed by atoms with Crippen molar-refractivity contribution in [3.8, 4) is 0 Å². The zero-order chi connectivity index (χ0) is 18.0. The van der Waals surface area contributed by atoms with Crippen LogP contribution in [0.3, 0.4) is 0 Å². The number of para-hydroxylation sites is 1. The van der Waals surface area contributed by atoms with Gasteiger partial charge in [-0.1, -0.05) is 36.4 Å². The first-order valence-electron chi connectivity index (χ1n) is 7.90. The number of nitrogens with two attached hydrogens (primary N) is 1. The van der Waals surface area contributed by atoms with Crippen molar-refractivity contribution in [3.63, 3.8) is 0 Å². The first-order valence-corrected chi connectivity index (χ1v) is 7.90. The van der Waals surface area contributed by atoms with Crippen LogP contribution in [0.4, 0.5) is 0 Å². The fourth-order valence-corrected chi connectivity index (χ4v) is 2.42. The molecule has 3 aromatic rings. The molecule has 0 saturated carbocycles. The van der Waals surface area contributed by atoms with Crippen molar-refractivity contribution in [2.24, 2.45) is 5.73 Å². The zero-order valence-corrected chi connectivity index (χ0v) is 14.1. The Bertz CT molecular complexity index is 929. The molecule has 0 atom stereocenters. The number of amides is 1. The third-order valence-electron chi connectivity index (χ3n) is 4.04. The van der Waals surface area contributed by atoms with Crippen LogP contribution in [0.15, 0.2) is 54.6 Å². The number of benzene rings is 2. The lowest BCUT2D eigenvalue weighted by Gasteiger charge is -2.20. The minimum atomic E-state index is -1.12. The average molecular weight is 337 g/mol. The molecule has 2 aromatic carbocycles. The first-order chi connectivity index (χ1) is 11.9. The topological polar surface area (TPSA) is 87.2 Å². The third kappa shape index (κ3) is 3.29. The maximum absolute atomic E-state index is 12.8. The molecule has 0 saturated heterocycles. The Balaban J connectivity index is 1.99. The van der Waals surface area contributed by atoms with Crippen molar-refractivity contribution in [1.29, 1.82) is 0 Å². The van der Waals surface area contributed by atoms with E-state index in [0.717, 1.165) is 5.39 Å². The van der Waals surface area contributed by atoms with Crippen molar-refractivity contribution >= 4 is 22.7 Å². The Hall–Kier alpha value is -2.99. The molecule has 0 unspecified atom stereocenters. The van der Waals surface area contributed by atoms with Crippen LogP contribution < -0.4 is 5.73 Å². The Morgan fingerprint density at radius 3 is 2.40 bits per heavy atom. The highest BCUT2D eigenvalue weighted by atomic mass is 16.5. The van der Waals surface area contributed by atoms with Gasteiger partial charge in [-0.3, -0.25) is 9.59 Å². The van der Waals surface area contributed by atoms with Crippen LogP contribution in [-0.2, 0) is 16.1 Å². The molecule has 0 fully saturated rings. The monoisotopic (exact) mass is 337 g/mol. The summed E-state index contributed by atoms with van der Waals surface area (Å²) in [6.07, 6.45) is 0. The second-order valence-corrected chi connectivity index (χ2v) is 6.21. The number of carbonyl (C=O) groups is 2. The molecule has 0 aliphatic rings. The van der Waals surface area contributed by atoms with Gasteiger partial charge < -0.3 is 10.5 Å². The first kappa shape index (κ1) is 16.9. The van der Waals surface area contributed by atoms with E-state index in [4.69, 9.17) is 10.5 Å². The van der Waals surface area contributed by atoms with Crippen LogP contribution in [0.2, 0.25) is 0 Å². The second-order valence-electron chi connectivity index (χ2n) is 6.21. The van der Waals surface area contributed by atoms with E-state index in [1.807, 2.05) is 30.3 Å². The van der Waals surface area contributed by atoms with E-state index in [-0.39, 0.29) is 12.5 Å². The summed E-state index contributed by atoms with van der Waals surface area (Å²) < 4.78 is 6.98. The number of nitrogens with zero attached hydrogens (tertiary/aromatic N) is 2. The van der Waals surface area contributed by atoms with Gasteiger partial charge in [0.1, 0.15) is 5.60 Å². The average Bonchev–Trinajstić information content (AvgIpc) is 2.99. The number of rotatable bonds is 5. The van der Waals surface area contributed by atoms with E-state index in [0.29, 0.717) is 16.8 Å². The molecule has 3 rings (SSSR count). The SMILES string of the molecule is CC(C)(OCc1nn(C(=O)c2ccccc2)c2ccccc12)C(N)=O. The van der Waals surface area contributed by atoms with Gasteiger partial charge in [-0.2, -0.15) is 9.78 Å². The van der Waals surface area contributed by atoms with Gasteiger partial charge >= 0.3 is 0 Å². The minimum absolute atomic E-state index is 0.0749. The molecule has 2 N–H and O–H groups in total. The molecule has 0 radical (unpaired) electrons. The zero-order valence-electron chi connectivity index (χ0n) is 14.1. The number of hydrogen-bond donors (Lipinski definition) is 1. The van der Waals surface area contributed by atoms with Crippen molar-refractivity contribution < 1.29 is 14.3 Å². The summed E-state index contributed by atoms with van der Waals surface area (Å²) in [4.78, 5) is 24.2. The summed E-state index contributed by atoms with van der Waals surface area (Å²) in [5, 5.41) is 5.22. The van der Waals surface area contributed by atoms with Gasteiger partial charge in [0.25, 0.3) is 5.91 Å². The largest absolute Gasteiger partial charge is 0.367 e. The minimum Gasteiger partial charge on any atom is -0.367 e. The number of carbonyl (C=O) groups excluding carboxylic acids is 2. The molecule has 0 aliphatic carbocycles. The highest BCUT2D eigenvalue weighted by molar-refractivity contribution is 6.01. The molecule has 6 heteroatoms. The Kier molecular flexibility index (Phi) is 4.37. The van der Waals surface area contributed by atoms with Crippen LogP contribution in [0.1, 0.15) is 29.9 Å². The Morgan fingerprint density at radius 1 is 1.08 bits per heavy atom. The normalized spacial score (nSPS) is 11.6. The lowest BCUT2D eigenvalue weighted by Crippen LogP contribution is -2.40. The quantitative estimate of drug-likeness (QED) is 0.775. The van der Waals surface area contributed by atoms with Crippen molar-refractivity contribution in [2.45, 2.75) is 26.1 Å². The van der Waals surface area contributed by atoms with E-state index < -0.39 is 11.5 Å². The van der Waals surface area contributed by atoms with Crippen LogP contribution in [-0.4, -0.2) is 27.2 Å². The van der Waals surface area contributed by atoms with Gasteiger partial charge in [0.05, 0.1) is 17.8 Å². The smallest absolute Gasteiger partial charge is 0.278 e.